The predicted octanol–water partition coefficient (Wildman–Crippen LogP) is 3.82. The number of methoxy groups -OCH3 is 2. The number of ether oxygens (including phenoxy) is 2. The monoisotopic (exact) mass is 292 g/mol. The first-order chi connectivity index (χ1) is 10.8. The summed E-state index contributed by atoms with van der Waals surface area (Å²) in [6.45, 7) is 0. The molecule has 22 heavy (non-hydrogen) atoms. The summed E-state index contributed by atoms with van der Waals surface area (Å²) in [5, 5.41) is 1.02. The molecule has 0 aliphatic rings. The second-order valence-corrected chi connectivity index (χ2v) is 4.69. The minimum Gasteiger partial charge on any atom is -0.493 e. The Morgan fingerprint density at radius 1 is 0.864 bits per heavy atom. The van der Waals surface area contributed by atoms with Gasteiger partial charge in [-0.15, -0.1) is 0 Å². The number of nitrogens with zero attached hydrogens (tertiary/aromatic N) is 2. The molecule has 1 aromatic heterocycles. The molecule has 1 heterocycles. The highest BCUT2D eigenvalue weighted by Gasteiger charge is 2.07. The molecule has 0 N–H and O–H groups in total. The van der Waals surface area contributed by atoms with E-state index >= 15 is 0 Å². The Balaban J connectivity index is 2.04. The van der Waals surface area contributed by atoms with Crippen molar-refractivity contribution in [2.24, 2.45) is 0 Å². The van der Waals surface area contributed by atoms with Crippen LogP contribution >= 0.6 is 0 Å². The molecule has 0 amide bonds. The maximum Gasteiger partial charge on any atom is 0.167 e. The van der Waals surface area contributed by atoms with E-state index in [1.54, 1.807) is 20.5 Å². The Morgan fingerprint density at radius 2 is 1.73 bits per heavy atom. The molecular weight excluding hydrogens is 276 g/mol. The van der Waals surface area contributed by atoms with Gasteiger partial charge in [0.2, 0.25) is 0 Å². The molecule has 110 valence electrons. The van der Waals surface area contributed by atoms with Crippen molar-refractivity contribution < 1.29 is 9.47 Å². The van der Waals surface area contributed by atoms with Crippen LogP contribution in [0.25, 0.3) is 23.1 Å². The molecule has 0 atom stereocenters. The van der Waals surface area contributed by atoms with Gasteiger partial charge in [0.1, 0.15) is 6.33 Å². The molecule has 0 saturated heterocycles. The lowest BCUT2D eigenvalue weighted by atomic mass is 10.1. The maximum absolute atomic E-state index is 5.43. The number of rotatable bonds is 4. The van der Waals surface area contributed by atoms with Crippen LogP contribution in [0.2, 0.25) is 0 Å². The summed E-state index contributed by atoms with van der Waals surface area (Å²) in [5.74, 6) is 1.41. The molecule has 3 rings (SSSR count). The van der Waals surface area contributed by atoms with Gasteiger partial charge >= 0.3 is 0 Å². The summed E-state index contributed by atoms with van der Waals surface area (Å²) >= 11 is 0. The van der Waals surface area contributed by atoms with E-state index in [1.165, 1.54) is 0 Å². The van der Waals surface area contributed by atoms with Gasteiger partial charge in [0.25, 0.3) is 0 Å². The fraction of sp³-hybridized carbons (Fsp3) is 0.111. The Labute approximate surface area is 129 Å². The van der Waals surface area contributed by atoms with E-state index in [0.29, 0.717) is 11.5 Å². The number of benzene rings is 2. The standard InChI is InChI=1S/C18H16N2O2/c1-21-17-9-5-6-13(18(17)22-2)10-11-16-14-7-3-4-8-15(14)19-12-20-16/h3-12H,1-2H3/b11-10+. The largest absolute Gasteiger partial charge is 0.493 e. The normalized spacial score (nSPS) is 11.0. The smallest absolute Gasteiger partial charge is 0.167 e. The molecule has 0 fully saturated rings. The Hall–Kier alpha value is -2.88. The number of para-hydroxylation sites is 2. The molecular formula is C18H16N2O2. The van der Waals surface area contributed by atoms with E-state index in [0.717, 1.165) is 22.2 Å². The summed E-state index contributed by atoms with van der Waals surface area (Å²) in [6.07, 6.45) is 5.50. The fourth-order valence-electron chi connectivity index (χ4n) is 2.37. The van der Waals surface area contributed by atoms with Gasteiger partial charge in [-0.1, -0.05) is 30.3 Å². The molecule has 0 radical (unpaired) electrons. The van der Waals surface area contributed by atoms with E-state index in [9.17, 15) is 0 Å². The summed E-state index contributed by atoms with van der Waals surface area (Å²) in [6, 6.07) is 13.7. The molecule has 0 unspecified atom stereocenters. The molecule has 4 heteroatoms. The van der Waals surface area contributed by atoms with Gasteiger partial charge in [0, 0.05) is 10.9 Å². The molecule has 0 bridgehead atoms. The van der Waals surface area contributed by atoms with Crippen molar-refractivity contribution in [1.29, 1.82) is 0 Å². The third-order valence-electron chi connectivity index (χ3n) is 3.43. The van der Waals surface area contributed by atoms with E-state index in [4.69, 9.17) is 9.47 Å². The van der Waals surface area contributed by atoms with Crippen LogP contribution in [0.1, 0.15) is 11.3 Å². The molecule has 0 saturated carbocycles. The summed E-state index contributed by atoms with van der Waals surface area (Å²) in [4.78, 5) is 8.62. The second kappa shape index (κ2) is 6.26. The number of fused-ring (bicyclic) bond motifs is 1. The molecule has 4 nitrogen and oxygen atoms in total. The van der Waals surface area contributed by atoms with Gasteiger partial charge in [-0.25, -0.2) is 9.97 Å². The summed E-state index contributed by atoms with van der Waals surface area (Å²) < 4.78 is 10.7. The Kier molecular flexibility index (Phi) is 4.01. The predicted molar refractivity (Wildman–Crippen MR) is 88.0 cm³/mol. The van der Waals surface area contributed by atoms with Crippen LogP contribution < -0.4 is 9.47 Å². The van der Waals surface area contributed by atoms with Crippen molar-refractivity contribution in [3.05, 3.63) is 60.0 Å². The van der Waals surface area contributed by atoms with Crippen molar-refractivity contribution in [3.63, 3.8) is 0 Å². The first-order valence-corrected chi connectivity index (χ1v) is 6.92. The lowest BCUT2D eigenvalue weighted by Crippen LogP contribution is -1.92. The average molecular weight is 292 g/mol. The zero-order valence-corrected chi connectivity index (χ0v) is 12.5. The molecule has 0 aliphatic heterocycles. The van der Waals surface area contributed by atoms with Crippen LogP contribution in [0.5, 0.6) is 11.5 Å². The van der Waals surface area contributed by atoms with Crippen LogP contribution in [0.15, 0.2) is 48.8 Å². The van der Waals surface area contributed by atoms with E-state index in [2.05, 4.69) is 9.97 Å². The number of aromatic nitrogens is 2. The highest BCUT2D eigenvalue weighted by atomic mass is 16.5. The van der Waals surface area contributed by atoms with Gasteiger partial charge in [-0.2, -0.15) is 0 Å². The molecule has 3 aromatic rings. The van der Waals surface area contributed by atoms with Gasteiger partial charge in [-0.05, 0) is 24.3 Å². The van der Waals surface area contributed by atoms with Crippen LogP contribution in [-0.2, 0) is 0 Å². The third-order valence-corrected chi connectivity index (χ3v) is 3.43. The first kappa shape index (κ1) is 14.1. The van der Waals surface area contributed by atoms with Crippen molar-refractivity contribution in [3.8, 4) is 11.5 Å². The third kappa shape index (κ3) is 2.63. The molecule has 0 spiro atoms. The summed E-state index contributed by atoms with van der Waals surface area (Å²) in [7, 11) is 3.26. The Bertz CT molecular complexity index is 823. The minimum absolute atomic E-state index is 0.706. The lowest BCUT2D eigenvalue weighted by molar-refractivity contribution is 0.354. The average Bonchev–Trinajstić information content (AvgIpc) is 2.59. The fourth-order valence-corrected chi connectivity index (χ4v) is 2.37. The highest BCUT2D eigenvalue weighted by molar-refractivity contribution is 5.89. The second-order valence-electron chi connectivity index (χ2n) is 4.69. The molecule has 0 aliphatic carbocycles. The Morgan fingerprint density at radius 3 is 2.55 bits per heavy atom. The van der Waals surface area contributed by atoms with Crippen molar-refractivity contribution >= 4 is 23.1 Å². The maximum atomic E-state index is 5.43. The van der Waals surface area contributed by atoms with Gasteiger partial charge < -0.3 is 9.47 Å². The zero-order valence-electron chi connectivity index (χ0n) is 12.5. The quantitative estimate of drug-likeness (QED) is 0.733. The lowest BCUT2D eigenvalue weighted by Gasteiger charge is -2.09. The van der Waals surface area contributed by atoms with E-state index < -0.39 is 0 Å². The molecule has 2 aromatic carbocycles. The van der Waals surface area contributed by atoms with Gasteiger partial charge in [0.05, 0.1) is 25.4 Å². The van der Waals surface area contributed by atoms with Gasteiger partial charge in [0.15, 0.2) is 11.5 Å². The minimum atomic E-state index is 0.706. The first-order valence-electron chi connectivity index (χ1n) is 6.92. The van der Waals surface area contributed by atoms with E-state index in [1.807, 2.05) is 54.6 Å². The topological polar surface area (TPSA) is 44.2 Å². The summed E-state index contributed by atoms with van der Waals surface area (Å²) in [5.41, 5.74) is 2.73. The van der Waals surface area contributed by atoms with E-state index in [-0.39, 0.29) is 0 Å². The van der Waals surface area contributed by atoms with Crippen molar-refractivity contribution in [2.75, 3.05) is 14.2 Å². The van der Waals surface area contributed by atoms with Crippen LogP contribution in [0.3, 0.4) is 0 Å². The SMILES string of the molecule is COc1cccc(/C=C/c2ncnc3ccccc23)c1OC. The van der Waals surface area contributed by atoms with Crippen LogP contribution in [-0.4, -0.2) is 24.2 Å². The number of hydrogen-bond acceptors (Lipinski definition) is 4. The van der Waals surface area contributed by atoms with Crippen LogP contribution in [0.4, 0.5) is 0 Å². The van der Waals surface area contributed by atoms with Crippen molar-refractivity contribution in [1.82, 2.24) is 9.97 Å². The van der Waals surface area contributed by atoms with Crippen molar-refractivity contribution in [2.45, 2.75) is 0 Å². The highest BCUT2D eigenvalue weighted by Crippen LogP contribution is 2.32. The van der Waals surface area contributed by atoms with Crippen LogP contribution in [0, 0.1) is 0 Å². The number of hydrogen-bond donors (Lipinski definition) is 0. The zero-order chi connectivity index (χ0) is 15.4. The van der Waals surface area contributed by atoms with Gasteiger partial charge in [-0.3, -0.25) is 0 Å².